The van der Waals surface area contributed by atoms with Gasteiger partial charge in [0.25, 0.3) is 0 Å². The standard InChI is InChI=1S/C22H18O10/c1-29-11-7-9(3-5-13(23)24)15-17-18-16(21(27)31-19(11)17)10(4-6-14(25)26)8-12(30-2)20(18)32-22(15)28/h7-8H,3-6H2,1-2H3,(H,23,24)(H,25,26). The largest absolute Gasteiger partial charge is 0.493 e. The molecule has 32 heavy (non-hydrogen) atoms. The molecule has 10 nitrogen and oxygen atoms in total. The van der Waals surface area contributed by atoms with Gasteiger partial charge >= 0.3 is 23.2 Å². The average molecular weight is 442 g/mol. The maximum Gasteiger partial charge on any atom is 0.344 e. The van der Waals surface area contributed by atoms with Crippen LogP contribution in [0.15, 0.2) is 30.6 Å². The molecular weight excluding hydrogens is 424 g/mol. The molecule has 0 aliphatic heterocycles. The zero-order chi connectivity index (χ0) is 23.2. The number of benzene rings is 2. The fourth-order valence-corrected chi connectivity index (χ4v) is 4.00. The number of carboxylic acid groups (broad SMARTS) is 2. The molecule has 0 bridgehead atoms. The third-order valence-electron chi connectivity index (χ3n) is 5.36. The van der Waals surface area contributed by atoms with Crippen molar-refractivity contribution in [1.82, 2.24) is 0 Å². The van der Waals surface area contributed by atoms with E-state index >= 15 is 0 Å². The van der Waals surface area contributed by atoms with Crippen LogP contribution in [0.4, 0.5) is 0 Å². The molecule has 166 valence electrons. The van der Waals surface area contributed by atoms with Crippen LogP contribution in [0.1, 0.15) is 24.0 Å². The van der Waals surface area contributed by atoms with Crippen LogP contribution < -0.4 is 20.7 Å². The van der Waals surface area contributed by atoms with Gasteiger partial charge in [0.15, 0.2) is 22.7 Å². The van der Waals surface area contributed by atoms with Crippen molar-refractivity contribution in [1.29, 1.82) is 0 Å². The van der Waals surface area contributed by atoms with E-state index in [1.54, 1.807) is 0 Å². The molecule has 0 atom stereocenters. The Morgan fingerprint density at radius 2 is 1.12 bits per heavy atom. The first-order chi connectivity index (χ1) is 15.3. The second-order valence-corrected chi connectivity index (χ2v) is 7.20. The molecule has 2 heterocycles. The summed E-state index contributed by atoms with van der Waals surface area (Å²) in [6.07, 6.45) is -0.469. The van der Waals surface area contributed by atoms with E-state index in [0.717, 1.165) is 0 Å². The van der Waals surface area contributed by atoms with Gasteiger partial charge in [-0.15, -0.1) is 0 Å². The maximum absolute atomic E-state index is 13.0. The van der Waals surface area contributed by atoms with Gasteiger partial charge in [0.1, 0.15) is 0 Å². The second kappa shape index (κ2) is 7.88. The molecule has 0 amide bonds. The summed E-state index contributed by atoms with van der Waals surface area (Å²) in [5, 5.41) is 18.8. The lowest BCUT2D eigenvalue weighted by molar-refractivity contribution is -0.138. The third-order valence-corrected chi connectivity index (χ3v) is 5.36. The number of ether oxygens (including phenoxy) is 2. The predicted octanol–water partition coefficient (Wildman–Crippen LogP) is 2.54. The Morgan fingerprint density at radius 3 is 1.44 bits per heavy atom. The van der Waals surface area contributed by atoms with E-state index in [1.807, 2.05) is 0 Å². The first kappa shape index (κ1) is 21.2. The van der Waals surface area contributed by atoms with Crippen LogP contribution in [0.5, 0.6) is 11.5 Å². The van der Waals surface area contributed by atoms with Crippen molar-refractivity contribution in [2.75, 3.05) is 14.2 Å². The molecule has 0 radical (unpaired) electrons. The summed E-state index contributed by atoms with van der Waals surface area (Å²) in [5.41, 5.74) is -0.770. The van der Waals surface area contributed by atoms with Gasteiger partial charge in [0.05, 0.1) is 25.0 Å². The summed E-state index contributed by atoms with van der Waals surface area (Å²) in [7, 11) is 2.71. The highest BCUT2D eigenvalue weighted by Crippen LogP contribution is 2.42. The minimum Gasteiger partial charge on any atom is -0.493 e. The van der Waals surface area contributed by atoms with Crippen LogP contribution in [0, 0.1) is 0 Å². The van der Waals surface area contributed by atoms with Crippen LogP contribution >= 0.6 is 0 Å². The molecule has 0 saturated carbocycles. The normalized spacial score (nSPS) is 11.4. The summed E-state index contributed by atoms with van der Waals surface area (Å²) in [4.78, 5) is 48.2. The van der Waals surface area contributed by atoms with E-state index in [-0.39, 0.29) is 69.9 Å². The zero-order valence-electron chi connectivity index (χ0n) is 17.1. The summed E-state index contributed by atoms with van der Waals surface area (Å²) in [6.45, 7) is 0. The molecule has 0 aliphatic rings. The highest BCUT2D eigenvalue weighted by Gasteiger charge is 2.26. The Bertz CT molecular complexity index is 1380. The smallest absolute Gasteiger partial charge is 0.344 e. The Kier molecular flexibility index (Phi) is 5.21. The van der Waals surface area contributed by atoms with Gasteiger partial charge in [0.2, 0.25) is 0 Å². The minimum absolute atomic E-state index is 0.00872. The van der Waals surface area contributed by atoms with Crippen LogP contribution in [0.2, 0.25) is 0 Å². The first-order valence-corrected chi connectivity index (χ1v) is 9.62. The van der Waals surface area contributed by atoms with Gasteiger partial charge in [-0.1, -0.05) is 0 Å². The molecular formula is C22H18O10. The van der Waals surface area contributed by atoms with Gasteiger partial charge in [-0.25, -0.2) is 9.59 Å². The predicted molar refractivity (Wildman–Crippen MR) is 112 cm³/mol. The van der Waals surface area contributed by atoms with E-state index in [2.05, 4.69) is 0 Å². The molecule has 0 aliphatic carbocycles. The number of hydrogen-bond acceptors (Lipinski definition) is 8. The van der Waals surface area contributed by atoms with E-state index in [9.17, 15) is 19.2 Å². The monoisotopic (exact) mass is 442 g/mol. The van der Waals surface area contributed by atoms with Crippen LogP contribution in [0.3, 0.4) is 0 Å². The average Bonchev–Trinajstić information content (AvgIpc) is 2.75. The summed E-state index contributed by atoms with van der Waals surface area (Å²) < 4.78 is 21.8. The maximum atomic E-state index is 13.0. The number of rotatable bonds is 8. The second-order valence-electron chi connectivity index (χ2n) is 7.20. The molecule has 2 aromatic carbocycles. The molecule has 0 unspecified atom stereocenters. The van der Waals surface area contributed by atoms with Gasteiger partial charge in [0, 0.05) is 23.6 Å². The van der Waals surface area contributed by atoms with Crippen molar-refractivity contribution in [3.63, 3.8) is 0 Å². The fourth-order valence-electron chi connectivity index (χ4n) is 4.00. The Morgan fingerprint density at radius 1 is 0.750 bits per heavy atom. The number of carboxylic acids is 2. The molecule has 2 aromatic heterocycles. The fraction of sp³-hybridized carbons (Fsp3) is 0.273. The molecule has 2 N–H and O–H groups in total. The molecule has 10 heteroatoms. The van der Waals surface area contributed by atoms with E-state index < -0.39 is 23.2 Å². The molecule has 4 aromatic rings. The van der Waals surface area contributed by atoms with E-state index in [1.165, 1.54) is 26.4 Å². The highest BCUT2D eigenvalue weighted by atomic mass is 16.5. The number of carbonyl (C=O) groups is 2. The quantitative estimate of drug-likeness (QED) is 0.307. The van der Waals surface area contributed by atoms with Gasteiger partial charge in [-0.05, 0) is 36.1 Å². The van der Waals surface area contributed by atoms with Gasteiger partial charge in [-0.3, -0.25) is 9.59 Å². The van der Waals surface area contributed by atoms with Crippen molar-refractivity contribution in [2.24, 2.45) is 0 Å². The van der Waals surface area contributed by atoms with Gasteiger partial charge < -0.3 is 28.5 Å². The van der Waals surface area contributed by atoms with Crippen LogP contribution in [0.25, 0.3) is 32.7 Å². The molecule has 0 saturated heterocycles. The SMILES string of the molecule is COc1cc(CCC(=O)O)c2c(=O)oc3c(OC)cc(CCC(=O)O)c4c(=O)oc1c2c34. The first-order valence-electron chi connectivity index (χ1n) is 9.62. The Hall–Kier alpha value is -4.08. The van der Waals surface area contributed by atoms with Crippen molar-refractivity contribution >= 4 is 44.6 Å². The number of methoxy groups -OCH3 is 2. The number of aliphatic carboxylic acids is 2. The minimum atomic E-state index is -1.05. The lowest BCUT2D eigenvalue weighted by atomic mass is 9.94. The van der Waals surface area contributed by atoms with Gasteiger partial charge in [-0.2, -0.15) is 0 Å². The summed E-state index contributed by atoms with van der Waals surface area (Å²) in [6, 6.07) is 2.90. The summed E-state index contributed by atoms with van der Waals surface area (Å²) in [5.74, 6) is -1.80. The topological polar surface area (TPSA) is 153 Å². The lowest BCUT2D eigenvalue weighted by Gasteiger charge is -2.16. The van der Waals surface area contributed by atoms with Crippen molar-refractivity contribution in [3.8, 4) is 11.5 Å². The summed E-state index contributed by atoms with van der Waals surface area (Å²) >= 11 is 0. The third kappa shape index (κ3) is 3.29. The Balaban J connectivity index is 2.22. The van der Waals surface area contributed by atoms with Crippen molar-refractivity contribution in [3.05, 3.63) is 44.1 Å². The number of aryl methyl sites for hydroxylation is 2. The number of hydrogen-bond donors (Lipinski definition) is 2. The molecule has 0 spiro atoms. The highest BCUT2D eigenvalue weighted by molar-refractivity contribution is 6.22. The molecule has 0 fully saturated rings. The van der Waals surface area contributed by atoms with Crippen molar-refractivity contribution < 1.29 is 38.1 Å². The lowest BCUT2D eigenvalue weighted by Crippen LogP contribution is -2.12. The van der Waals surface area contributed by atoms with E-state index in [4.69, 9.17) is 28.5 Å². The van der Waals surface area contributed by atoms with Crippen LogP contribution in [-0.4, -0.2) is 36.4 Å². The van der Waals surface area contributed by atoms with Crippen LogP contribution in [-0.2, 0) is 22.4 Å². The Labute approximate surface area is 178 Å². The molecule has 4 rings (SSSR count). The zero-order valence-corrected chi connectivity index (χ0v) is 17.1. The van der Waals surface area contributed by atoms with E-state index in [0.29, 0.717) is 11.1 Å². The van der Waals surface area contributed by atoms with Crippen molar-refractivity contribution in [2.45, 2.75) is 25.7 Å².